The standard InChI is InChI=1S/C11H19NO5/c1-10(2,3)17-9(15)12-6-4-5-11(16,7-12)8(13)14/h16H,4-7H2,1-3H3,(H,13,14)/t11-/m0/s1. The molecule has 0 saturated carbocycles. The first-order valence-electron chi connectivity index (χ1n) is 5.58. The highest BCUT2D eigenvalue weighted by molar-refractivity contribution is 5.79. The van der Waals surface area contributed by atoms with Gasteiger partial charge in [-0.2, -0.15) is 0 Å². The number of hydrogen-bond acceptors (Lipinski definition) is 4. The first kappa shape index (κ1) is 13.8. The zero-order valence-corrected chi connectivity index (χ0v) is 10.4. The van der Waals surface area contributed by atoms with Crippen LogP contribution in [-0.4, -0.2) is 51.5 Å². The zero-order valence-electron chi connectivity index (χ0n) is 10.4. The summed E-state index contributed by atoms with van der Waals surface area (Å²) in [5, 5.41) is 18.7. The van der Waals surface area contributed by atoms with Crippen molar-refractivity contribution in [3.05, 3.63) is 0 Å². The topological polar surface area (TPSA) is 87.1 Å². The number of carboxylic acid groups (broad SMARTS) is 1. The molecule has 6 heteroatoms. The van der Waals surface area contributed by atoms with Crippen LogP contribution in [0.4, 0.5) is 4.79 Å². The Morgan fingerprint density at radius 2 is 1.94 bits per heavy atom. The quantitative estimate of drug-likeness (QED) is 0.714. The number of carboxylic acids is 1. The molecule has 0 bridgehead atoms. The number of aliphatic carboxylic acids is 1. The Kier molecular flexibility index (Phi) is 3.66. The summed E-state index contributed by atoms with van der Waals surface area (Å²) in [6.07, 6.45) is 0.0146. The molecular formula is C11H19NO5. The molecule has 0 aromatic heterocycles. The number of rotatable bonds is 1. The number of carbonyl (C=O) groups excluding carboxylic acids is 1. The maximum absolute atomic E-state index is 11.7. The van der Waals surface area contributed by atoms with Gasteiger partial charge in [-0.15, -0.1) is 0 Å². The summed E-state index contributed by atoms with van der Waals surface area (Å²) in [5.74, 6) is -1.30. The van der Waals surface area contributed by atoms with Crippen LogP contribution in [0.25, 0.3) is 0 Å². The van der Waals surface area contributed by atoms with E-state index < -0.39 is 23.3 Å². The van der Waals surface area contributed by atoms with Crippen molar-refractivity contribution >= 4 is 12.1 Å². The summed E-state index contributed by atoms with van der Waals surface area (Å²) in [6, 6.07) is 0. The van der Waals surface area contributed by atoms with Crippen LogP contribution in [-0.2, 0) is 9.53 Å². The maximum Gasteiger partial charge on any atom is 0.410 e. The van der Waals surface area contributed by atoms with E-state index in [9.17, 15) is 14.7 Å². The number of nitrogens with zero attached hydrogens (tertiary/aromatic N) is 1. The summed E-state index contributed by atoms with van der Waals surface area (Å²) in [5.41, 5.74) is -2.48. The first-order valence-corrected chi connectivity index (χ1v) is 5.58. The minimum absolute atomic E-state index is 0.154. The van der Waals surface area contributed by atoms with Crippen LogP contribution >= 0.6 is 0 Å². The third kappa shape index (κ3) is 3.59. The maximum atomic E-state index is 11.7. The summed E-state index contributed by atoms with van der Waals surface area (Å²) in [6.45, 7) is 5.39. The second kappa shape index (κ2) is 4.52. The zero-order chi connectivity index (χ0) is 13.3. The van der Waals surface area contributed by atoms with Crippen molar-refractivity contribution in [1.82, 2.24) is 4.90 Å². The summed E-state index contributed by atoms with van der Waals surface area (Å²) < 4.78 is 5.13. The van der Waals surface area contributed by atoms with Gasteiger partial charge in [0.05, 0.1) is 6.54 Å². The molecule has 1 saturated heterocycles. The van der Waals surface area contributed by atoms with Gasteiger partial charge >= 0.3 is 12.1 Å². The molecule has 1 heterocycles. The second-order valence-electron chi connectivity index (χ2n) is 5.34. The molecule has 1 atom stereocenters. The van der Waals surface area contributed by atoms with Gasteiger partial charge in [-0.1, -0.05) is 0 Å². The van der Waals surface area contributed by atoms with E-state index >= 15 is 0 Å². The molecule has 0 unspecified atom stereocenters. The van der Waals surface area contributed by atoms with Gasteiger partial charge in [0.1, 0.15) is 5.60 Å². The van der Waals surface area contributed by atoms with Gasteiger partial charge in [-0.05, 0) is 33.6 Å². The van der Waals surface area contributed by atoms with E-state index in [-0.39, 0.29) is 13.0 Å². The molecule has 1 aliphatic heterocycles. The predicted molar refractivity (Wildman–Crippen MR) is 59.6 cm³/mol. The van der Waals surface area contributed by atoms with Crippen molar-refractivity contribution in [3.63, 3.8) is 0 Å². The monoisotopic (exact) mass is 245 g/mol. The van der Waals surface area contributed by atoms with Crippen LogP contribution in [0.3, 0.4) is 0 Å². The minimum Gasteiger partial charge on any atom is -0.479 e. The SMILES string of the molecule is CC(C)(C)OC(=O)N1CCC[C@@](O)(C(=O)O)C1. The molecule has 0 spiro atoms. The molecule has 1 rings (SSSR count). The second-order valence-corrected chi connectivity index (χ2v) is 5.34. The largest absolute Gasteiger partial charge is 0.479 e. The van der Waals surface area contributed by atoms with Gasteiger partial charge < -0.3 is 19.8 Å². The number of likely N-dealkylation sites (tertiary alicyclic amines) is 1. The number of aliphatic hydroxyl groups is 1. The molecule has 1 fully saturated rings. The third-order valence-corrected chi connectivity index (χ3v) is 2.52. The van der Waals surface area contributed by atoms with E-state index in [2.05, 4.69) is 0 Å². The fourth-order valence-electron chi connectivity index (χ4n) is 1.69. The van der Waals surface area contributed by atoms with E-state index in [1.54, 1.807) is 20.8 Å². The number of β-amino-alcohol motifs (C(OH)–C–C–N with tert-alkyl or cyclic N) is 1. The number of piperidine rings is 1. The van der Waals surface area contributed by atoms with Crippen molar-refractivity contribution in [3.8, 4) is 0 Å². The van der Waals surface area contributed by atoms with Crippen LogP contribution in [0.15, 0.2) is 0 Å². The van der Waals surface area contributed by atoms with E-state index in [0.717, 1.165) is 0 Å². The molecule has 1 amide bonds. The fourth-order valence-corrected chi connectivity index (χ4v) is 1.69. The van der Waals surface area contributed by atoms with Crippen LogP contribution in [0, 0.1) is 0 Å². The molecule has 17 heavy (non-hydrogen) atoms. The lowest BCUT2D eigenvalue weighted by Gasteiger charge is -2.36. The van der Waals surface area contributed by atoms with Gasteiger partial charge in [-0.25, -0.2) is 9.59 Å². The Labute approximate surface area is 100 Å². The lowest BCUT2D eigenvalue weighted by atomic mass is 9.93. The minimum atomic E-state index is -1.85. The van der Waals surface area contributed by atoms with Crippen molar-refractivity contribution < 1.29 is 24.5 Å². The number of carbonyl (C=O) groups is 2. The van der Waals surface area contributed by atoms with Crippen molar-refractivity contribution in [2.24, 2.45) is 0 Å². The molecule has 0 radical (unpaired) electrons. The van der Waals surface area contributed by atoms with Gasteiger partial charge in [-0.3, -0.25) is 0 Å². The molecular weight excluding hydrogens is 226 g/mol. The molecule has 0 aliphatic carbocycles. The van der Waals surface area contributed by atoms with Gasteiger partial charge in [0.2, 0.25) is 0 Å². The molecule has 2 N–H and O–H groups in total. The Morgan fingerprint density at radius 3 is 2.41 bits per heavy atom. The summed E-state index contributed by atoms with van der Waals surface area (Å²) >= 11 is 0. The number of hydrogen-bond donors (Lipinski definition) is 2. The Balaban J connectivity index is 2.67. The van der Waals surface area contributed by atoms with E-state index in [1.807, 2.05) is 0 Å². The molecule has 0 aromatic carbocycles. The lowest BCUT2D eigenvalue weighted by molar-refractivity contribution is -0.163. The van der Waals surface area contributed by atoms with Crippen molar-refractivity contribution in [1.29, 1.82) is 0 Å². The van der Waals surface area contributed by atoms with Crippen LogP contribution in [0.5, 0.6) is 0 Å². The Hall–Kier alpha value is -1.30. The molecule has 6 nitrogen and oxygen atoms in total. The first-order chi connectivity index (χ1) is 7.64. The molecule has 1 aliphatic rings. The lowest BCUT2D eigenvalue weighted by Crippen LogP contribution is -2.55. The average molecular weight is 245 g/mol. The van der Waals surface area contributed by atoms with E-state index in [0.29, 0.717) is 13.0 Å². The summed E-state index contributed by atoms with van der Waals surface area (Å²) in [7, 11) is 0. The number of amides is 1. The Bertz CT molecular complexity index is 322. The smallest absolute Gasteiger partial charge is 0.410 e. The van der Waals surface area contributed by atoms with Crippen molar-refractivity contribution in [2.75, 3.05) is 13.1 Å². The highest BCUT2D eigenvalue weighted by atomic mass is 16.6. The Morgan fingerprint density at radius 1 is 1.35 bits per heavy atom. The average Bonchev–Trinajstić information content (AvgIpc) is 2.15. The molecule has 0 aromatic rings. The van der Waals surface area contributed by atoms with E-state index in [4.69, 9.17) is 9.84 Å². The van der Waals surface area contributed by atoms with Crippen LogP contribution in [0.1, 0.15) is 33.6 Å². The summed E-state index contributed by atoms with van der Waals surface area (Å²) in [4.78, 5) is 23.9. The van der Waals surface area contributed by atoms with E-state index in [1.165, 1.54) is 4.90 Å². The van der Waals surface area contributed by atoms with Gasteiger partial charge in [0.15, 0.2) is 5.60 Å². The third-order valence-electron chi connectivity index (χ3n) is 2.52. The highest BCUT2D eigenvalue weighted by Gasteiger charge is 2.42. The van der Waals surface area contributed by atoms with Gasteiger partial charge in [0, 0.05) is 6.54 Å². The van der Waals surface area contributed by atoms with Crippen molar-refractivity contribution in [2.45, 2.75) is 44.8 Å². The van der Waals surface area contributed by atoms with Crippen LogP contribution in [0.2, 0.25) is 0 Å². The highest BCUT2D eigenvalue weighted by Crippen LogP contribution is 2.23. The normalized spacial score (nSPS) is 25.5. The number of ether oxygens (including phenoxy) is 1. The van der Waals surface area contributed by atoms with Gasteiger partial charge in [0.25, 0.3) is 0 Å². The van der Waals surface area contributed by atoms with Crippen LogP contribution < -0.4 is 0 Å². The predicted octanol–water partition coefficient (Wildman–Crippen LogP) is 0.833. The molecule has 98 valence electrons. The fraction of sp³-hybridized carbons (Fsp3) is 0.818.